The topological polar surface area (TPSA) is 20.3 Å². The molecule has 1 aliphatic rings. The number of likely N-dealkylation sites (tertiary alicyclic amines) is 1. The summed E-state index contributed by atoms with van der Waals surface area (Å²) < 4.78 is 0. The molecule has 18 heavy (non-hydrogen) atoms. The predicted octanol–water partition coefficient (Wildman–Crippen LogP) is 3.51. The van der Waals surface area contributed by atoms with Crippen LogP contribution in [-0.4, -0.2) is 23.9 Å². The molecule has 0 saturated carbocycles. The molecule has 0 aromatic heterocycles. The lowest BCUT2D eigenvalue weighted by atomic mass is 10.00. The standard InChI is InChI=1S/C14H19NO.C2H6/c1-12(11-13-7-3-2-4-8-13)14(16)15-9-5-6-10-15;1-2/h2-4,7-8,12H,5-6,9-11H2,1H3;1-2H3. The summed E-state index contributed by atoms with van der Waals surface area (Å²) in [5.74, 6) is 0.432. The van der Waals surface area contributed by atoms with E-state index in [1.165, 1.54) is 18.4 Å². The lowest BCUT2D eigenvalue weighted by Crippen LogP contribution is -2.33. The highest BCUT2D eigenvalue weighted by Gasteiger charge is 2.22. The van der Waals surface area contributed by atoms with Crippen LogP contribution in [0.5, 0.6) is 0 Å². The van der Waals surface area contributed by atoms with Crippen molar-refractivity contribution in [3.8, 4) is 0 Å². The van der Waals surface area contributed by atoms with Crippen molar-refractivity contribution >= 4 is 5.91 Å². The summed E-state index contributed by atoms with van der Waals surface area (Å²) in [6.07, 6.45) is 3.20. The van der Waals surface area contributed by atoms with E-state index in [1.54, 1.807) is 0 Å². The number of hydrogen-bond donors (Lipinski definition) is 0. The van der Waals surface area contributed by atoms with Crippen molar-refractivity contribution in [2.45, 2.75) is 40.0 Å². The van der Waals surface area contributed by atoms with Crippen LogP contribution in [0.25, 0.3) is 0 Å². The zero-order chi connectivity index (χ0) is 13.4. The Labute approximate surface area is 111 Å². The molecule has 0 aliphatic carbocycles. The Morgan fingerprint density at radius 3 is 2.28 bits per heavy atom. The van der Waals surface area contributed by atoms with Crippen LogP contribution < -0.4 is 0 Å². The Bertz CT molecular complexity index is 341. The zero-order valence-corrected chi connectivity index (χ0v) is 11.9. The summed E-state index contributed by atoms with van der Waals surface area (Å²) in [6.45, 7) is 7.95. The van der Waals surface area contributed by atoms with Crippen LogP contribution in [0, 0.1) is 5.92 Å². The van der Waals surface area contributed by atoms with Crippen LogP contribution >= 0.6 is 0 Å². The van der Waals surface area contributed by atoms with Gasteiger partial charge in [0.25, 0.3) is 0 Å². The number of rotatable bonds is 3. The molecule has 2 rings (SSSR count). The molecule has 1 aliphatic heterocycles. The average Bonchev–Trinajstić information content (AvgIpc) is 2.95. The van der Waals surface area contributed by atoms with E-state index in [2.05, 4.69) is 12.1 Å². The monoisotopic (exact) mass is 247 g/mol. The van der Waals surface area contributed by atoms with Gasteiger partial charge >= 0.3 is 0 Å². The van der Waals surface area contributed by atoms with E-state index in [4.69, 9.17) is 0 Å². The highest BCUT2D eigenvalue weighted by molar-refractivity contribution is 5.79. The van der Waals surface area contributed by atoms with Crippen LogP contribution in [0.1, 0.15) is 39.2 Å². The smallest absolute Gasteiger partial charge is 0.225 e. The summed E-state index contributed by atoms with van der Waals surface area (Å²) in [5, 5.41) is 0. The molecule has 0 N–H and O–H groups in total. The van der Waals surface area contributed by atoms with Gasteiger partial charge in [0.2, 0.25) is 5.91 Å². The van der Waals surface area contributed by atoms with Gasteiger partial charge in [0.05, 0.1) is 0 Å². The van der Waals surface area contributed by atoms with E-state index >= 15 is 0 Å². The molecule has 2 nitrogen and oxygen atoms in total. The molecular formula is C16H25NO. The minimum atomic E-state index is 0.112. The second-order valence-corrected chi connectivity index (χ2v) is 4.62. The van der Waals surface area contributed by atoms with Gasteiger partial charge in [0.15, 0.2) is 0 Å². The Hall–Kier alpha value is -1.31. The van der Waals surface area contributed by atoms with E-state index in [0.29, 0.717) is 5.91 Å². The molecule has 100 valence electrons. The van der Waals surface area contributed by atoms with Crippen molar-refractivity contribution in [2.75, 3.05) is 13.1 Å². The molecule has 1 aromatic rings. The Balaban J connectivity index is 0.000000771. The first-order chi connectivity index (χ1) is 8.77. The first kappa shape index (κ1) is 14.7. The fourth-order valence-electron chi connectivity index (χ4n) is 2.30. The quantitative estimate of drug-likeness (QED) is 0.800. The van der Waals surface area contributed by atoms with Crippen LogP contribution in [0.15, 0.2) is 30.3 Å². The first-order valence-corrected chi connectivity index (χ1v) is 7.10. The summed E-state index contributed by atoms with van der Waals surface area (Å²) in [7, 11) is 0. The molecule has 1 heterocycles. The first-order valence-electron chi connectivity index (χ1n) is 7.10. The van der Waals surface area contributed by atoms with Gasteiger partial charge in [-0.1, -0.05) is 51.1 Å². The highest BCUT2D eigenvalue weighted by atomic mass is 16.2. The molecule has 0 bridgehead atoms. The predicted molar refractivity (Wildman–Crippen MR) is 76.5 cm³/mol. The van der Waals surface area contributed by atoms with Gasteiger partial charge < -0.3 is 4.90 Å². The SMILES string of the molecule is CC.CC(Cc1ccccc1)C(=O)N1CCCC1. The van der Waals surface area contributed by atoms with Crippen LogP contribution in [-0.2, 0) is 11.2 Å². The average molecular weight is 247 g/mol. The van der Waals surface area contributed by atoms with Crippen molar-refractivity contribution in [1.82, 2.24) is 4.90 Å². The summed E-state index contributed by atoms with van der Waals surface area (Å²) >= 11 is 0. The molecule has 1 saturated heterocycles. The number of carbonyl (C=O) groups is 1. The number of nitrogens with zero attached hydrogens (tertiary/aromatic N) is 1. The summed E-state index contributed by atoms with van der Waals surface area (Å²) in [4.78, 5) is 14.1. The maximum Gasteiger partial charge on any atom is 0.225 e. The maximum atomic E-state index is 12.1. The lowest BCUT2D eigenvalue weighted by Gasteiger charge is -2.20. The molecule has 1 unspecified atom stereocenters. The molecule has 1 fully saturated rings. The Kier molecular flexibility index (Phi) is 6.48. The molecule has 1 aromatic carbocycles. The van der Waals surface area contributed by atoms with E-state index in [1.807, 2.05) is 43.9 Å². The number of hydrogen-bond acceptors (Lipinski definition) is 1. The van der Waals surface area contributed by atoms with Gasteiger partial charge in [0, 0.05) is 19.0 Å². The molecule has 1 atom stereocenters. The van der Waals surface area contributed by atoms with Crippen LogP contribution in [0.4, 0.5) is 0 Å². The van der Waals surface area contributed by atoms with Gasteiger partial charge in [-0.15, -0.1) is 0 Å². The molecular weight excluding hydrogens is 222 g/mol. The number of carbonyl (C=O) groups excluding carboxylic acids is 1. The fraction of sp³-hybridized carbons (Fsp3) is 0.562. The molecule has 1 amide bonds. The molecule has 0 spiro atoms. The van der Waals surface area contributed by atoms with E-state index in [-0.39, 0.29) is 5.92 Å². The highest BCUT2D eigenvalue weighted by Crippen LogP contribution is 2.15. The number of benzene rings is 1. The Morgan fingerprint density at radius 2 is 1.72 bits per heavy atom. The lowest BCUT2D eigenvalue weighted by molar-refractivity contribution is -0.133. The van der Waals surface area contributed by atoms with Crippen molar-refractivity contribution in [3.05, 3.63) is 35.9 Å². The second-order valence-electron chi connectivity index (χ2n) is 4.62. The van der Waals surface area contributed by atoms with Gasteiger partial charge in [-0.2, -0.15) is 0 Å². The second kappa shape index (κ2) is 7.91. The maximum absolute atomic E-state index is 12.1. The summed E-state index contributed by atoms with van der Waals surface area (Å²) in [6, 6.07) is 10.3. The van der Waals surface area contributed by atoms with Crippen molar-refractivity contribution in [2.24, 2.45) is 5.92 Å². The van der Waals surface area contributed by atoms with Gasteiger partial charge in [-0.05, 0) is 24.8 Å². The zero-order valence-electron chi connectivity index (χ0n) is 11.9. The third kappa shape index (κ3) is 4.17. The van der Waals surface area contributed by atoms with Crippen LogP contribution in [0.2, 0.25) is 0 Å². The van der Waals surface area contributed by atoms with Gasteiger partial charge in [-0.25, -0.2) is 0 Å². The van der Waals surface area contributed by atoms with E-state index in [0.717, 1.165) is 19.5 Å². The largest absolute Gasteiger partial charge is 0.342 e. The van der Waals surface area contributed by atoms with E-state index < -0.39 is 0 Å². The number of amides is 1. The van der Waals surface area contributed by atoms with Crippen molar-refractivity contribution in [1.29, 1.82) is 0 Å². The normalized spacial score (nSPS) is 15.8. The minimum Gasteiger partial charge on any atom is -0.342 e. The fourth-order valence-corrected chi connectivity index (χ4v) is 2.30. The molecule has 2 heteroatoms. The van der Waals surface area contributed by atoms with E-state index in [9.17, 15) is 4.79 Å². The third-order valence-corrected chi connectivity index (χ3v) is 3.22. The summed E-state index contributed by atoms with van der Waals surface area (Å²) in [5.41, 5.74) is 1.25. The van der Waals surface area contributed by atoms with Gasteiger partial charge in [0.1, 0.15) is 0 Å². The minimum absolute atomic E-state index is 0.112. The Morgan fingerprint density at radius 1 is 1.17 bits per heavy atom. The molecule has 0 radical (unpaired) electrons. The van der Waals surface area contributed by atoms with Crippen molar-refractivity contribution < 1.29 is 4.79 Å². The van der Waals surface area contributed by atoms with Crippen molar-refractivity contribution in [3.63, 3.8) is 0 Å². The van der Waals surface area contributed by atoms with Gasteiger partial charge in [-0.3, -0.25) is 4.79 Å². The third-order valence-electron chi connectivity index (χ3n) is 3.22. The van der Waals surface area contributed by atoms with Crippen LogP contribution in [0.3, 0.4) is 0 Å².